The topological polar surface area (TPSA) is 96.3 Å². The predicted molar refractivity (Wildman–Crippen MR) is 30.8 cm³/mol. The summed E-state index contributed by atoms with van der Waals surface area (Å²) in [5, 5.41) is 14.0. The molecule has 5 aliphatic heterocycles. The normalized spacial score (nSPS) is 36.2. The van der Waals surface area contributed by atoms with Crippen LogP contribution in [0.2, 0.25) is 0 Å². The quantitative estimate of drug-likeness (QED) is 0.517. The maximum atomic E-state index is 11.2. The Labute approximate surface area is 65.5 Å². The molecule has 0 amide bonds. The molecule has 5 aliphatic rings. The first-order chi connectivity index (χ1) is 5.75. The molecule has 0 radical (unpaired) electrons. The van der Waals surface area contributed by atoms with Crippen LogP contribution in [0.4, 0.5) is 0 Å². The maximum Gasteiger partial charge on any atom is 0.538 e. The van der Waals surface area contributed by atoms with Crippen LogP contribution in [0.15, 0.2) is 0 Å². The fourth-order valence-electron chi connectivity index (χ4n) is 0.839. The van der Waals surface area contributed by atoms with Gasteiger partial charge in [0.15, 0.2) is 0 Å². The van der Waals surface area contributed by atoms with Gasteiger partial charge in [0.05, 0.1) is 0 Å². The number of rotatable bonds is 0. The first-order valence-corrected chi connectivity index (χ1v) is 4.45. The molecule has 8 nitrogen and oxygen atoms in total. The number of nitrogens with zero attached hydrogens (tertiary/aromatic N) is 4. The molecule has 0 spiro atoms. The van der Waals surface area contributed by atoms with Gasteiger partial charge in [0, 0.05) is 0 Å². The fraction of sp³-hybridized carbons (Fsp3) is 0.333. The molecule has 1 aromatic heterocycles. The van der Waals surface area contributed by atoms with Crippen LogP contribution in [0, 0.1) is 0 Å². The van der Waals surface area contributed by atoms with Crippen LogP contribution in [0.25, 0.3) is 0 Å². The molecule has 0 saturated carbocycles. The van der Waals surface area contributed by atoms with Crippen molar-refractivity contribution in [2.45, 2.75) is 6.29 Å². The smallest absolute Gasteiger partial charge is 0.366 e. The van der Waals surface area contributed by atoms with Crippen LogP contribution in [0.1, 0.15) is 12.1 Å². The summed E-state index contributed by atoms with van der Waals surface area (Å²) in [5.74, 6) is 0.147. The van der Waals surface area contributed by atoms with E-state index in [1.54, 1.807) is 0 Å². The number of phosphoric ester groups is 1. The van der Waals surface area contributed by atoms with Crippen molar-refractivity contribution in [2.24, 2.45) is 0 Å². The van der Waals surface area contributed by atoms with Crippen LogP contribution in [0.5, 0.6) is 6.01 Å². The van der Waals surface area contributed by atoms with Crippen molar-refractivity contribution in [1.29, 1.82) is 0 Å². The van der Waals surface area contributed by atoms with E-state index in [4.69, 9.17) is 9.05 Å². The van der Waals surface area contributed by atoms with Crippen molar-refractivity contribution in [3.05, 3.63) is 5.82 Å². The van der Waals surface area contributed by atoms with Crippen molar-refractivity contribution in [2.75, 3.05) is 0 Å². The van der Waals surface area contributed by atoms with Crippen molar-refractivity contribution in [1.82, 2.24) is 20.4 Å². The predicted octanol–water partition coefficient (Wildman–Crippen LogP) is -0.188. The summed E-state index contributed by atoms with van der Waals surface area (Å²) in [4.78, 5) is 0. The van der Waals surface area contributed by atoms with E-state index in [0.29, 0.717) is 0 Å². The average Bonchev–Trinajstić information content (AvgIpc) is 1.96. The van der Waals surface area contributed by atoms with Crippen LogP contribution in [-0.4, -0.2) is 20.4 Å². The van der Waals surface area contributed by atoms with Gasteiger partial charge in [-0.05, 0) is 0 Å². The summed E-state index contributed by atoms with van der Waals surface area (Å²) < 4.78 is 25.3. The molecule has 62 valence electrons. The van der Waals surface area contributed by atoms with Crippen molar-refractivity contribution in [3.8, 4) is 6.01 Å². The highest BCUT2D eigenvalue weighted by molar-refractivity contribution is 7.49. The van der Waals surface area contributed by atoms with Crippen molar-refractivity contribution in [3.63, 3.8) is 0 Å². The van der Waals surface area contributed by atoms with E-state index in [1.807, 2.05) is 0 Å². The van der Waals surface area contributed by atoms with Crippen LogP contribution in [0.3, 0.4) is 0 Å². The first kappa shape index (κ1) is 6.41. The summed E-state index contributed by atoms with van der Waals surface area (Å²) in [7, 11) is -3.42. The first-order valence-electron chi connectivity index (χ1n) is 2.99. The molecule has 12 heavy (non-hydrogen) atoms. The molecule has 0 N–H and O–H groups in total. The lowest BCUT2D eigenvalue weighted by Gasteiger charge is -2.32. The summed E-state index contributed by atoms with van der Waals surface area (Å²) >= 11 is 0. The standard InChI is InChI=1S/C3HN4O4P/c8-12-9-2(10-12)1-4-6-3(11-12)7-5-1/h2H. The number of hydrogen-bond acceptors (Lipinski definition) is 8. The van der Waals surface area contributed by atoms with Crippen LogP contribution in [-0.2, 0) is 13.6 Å². The van der Waals surface area contributed by atoms with Gasteiger partial charge in [0.25, 0.3) is 0 Å². The average molecular weight is 188 g/mol. The molecular weight excluding hydrogens is 187 g/mol. The monoisotopic (exact) mass is 188 g/mol. The molecule has 1 fully saturated rings. The third-order valence-corrected chi connectivity index (χ3v) is 2.62. The Hall–Kier alpha value is -1.11. The van der Waals surface area contributed by atoms with Gasteiger partial charge in [-0.2, -0.15) is 0 Å². The van der Waals surface area contributed by atoms with E-state index >= 15 is 0 Å². The zero-order valence-electron chi connectivity index (χ0n) is 5.45. The maximum absolute atomic E-state index is 11.2. The number of phosphoric acid groups is 1. The second kappa shape index (κ2) is 1.79. The molecule has 0 aliphatic carbocycles. The number of hydrogen-bond donors (Lipinski definition) is 0. The van der Waals surface area contributed by atoms with E-state index in [-0.39, 0.29) is 11.8 Å². The highest BCUT2D eigenvalue weighted by atomic mass is 31.2. The van der Waals surface area contributed by atoms with Gasteiger partial charge in [-0.1, -0.05) is 10.2 Å². The molecule has 0 unspecified atom stereocenters. The van der Waals surface area contributed by atoms with Gasteiger partial charge in [0.2, 0.25) is 12.1 Å². The van der Waals surface area contributed by atoms with Gasteiger partial charge in [-0.3, -0.25) is 0 Å². The second-order valence-corrected chi connectivity index (χ2v) is 3.62. The van der Waals surface area contributed by atoms with E-state index < -0.39 is 14.1 Å². The van der Waals surface area contributed by atoms with Gasteiger partial charge in [-0.25, -0.2) is 13.6 Å². The van der Waals surface area contributed by atoms with Gasteiger partial charge >= 0.3 is 13.8 Å². The molecule has 6 heterocycles. The Morgan fingerprint density at radius 1 is 1.17 bits per heavy atom. The summed E-state index contributed by atoms with van der Waals surface area (Å²) in [6.45, 7) is 0. The van der Waals surface area contributed by atoms with Crippen molar-refractivity contribution >= 4 is 7.82 Å². The minimum Gasteiger partial charge on any atom is -0.366 e. The summed E-state index contributed by atoms with van der Waals surface area (Å²) in [6.07, 6.45) is -0.856. The van der Waals surface area contributed by atoms with E-state index in [2.05, 4.69) is 24.9 Å². The Morgan fingerprint density at radius 2 is 1.83 bits per heavy atom. The Morgan fingerprint density at radius 3 is 2.50 bits per heavy atom. The molecule has 1 aromatic rings. The molecule has 4 bridgehead atoms. The fourth-order valence-corrected chi connectivity index (χ4v) is 1.87. The zero-order chi connectivity index (χ0) is 8.18. The third kappa shape index (κ3) is 0.711. The summed E-state index contributed by atoms with van der Waals surface area (Å²) in [6, 6.07) is -0.208. The van der Waals surface area contributed by atoms with Gasteiger partial charge < -0.3 is 4.52 Å². The summed E-state index contributed by atoms with van der Waals surface area (Å²) in [5.41, 5.74) is 0. The second-order valence-electron chi connectivity index (χ2n) is 2.12. The lowest BCUT2D eigenvalue weighted by molar-refractivity contribution is -0.129. The minimum absolute atomic E-state index is 0.147. The highest BCUT2D eigenvalue weighted by Crippen LogP contribution is 2.64. The molecule has 9 heteroatoms. The molecular formula is C3HN4O4P. The zero-order valence-corrected chi connectivity index (χ0v) is 6.34. The van der Waals surface area contributed by atoms with E-state index in [9.17, 15) is 4.57 Å². The molecule has 6 rings (SSSR count). The SMILES string of the molecule is O=P12Oc3nnc(nn3)C(O1)O2. The Kier molecular flexibility index (Phi) is 0.957. The number of aromatic nitrogens is 4. The Bertz CT molecular complexity index is 368. The largest absolute Gasteiger partial charge is 0.538 e. The minimum atomic E-state index is -3.42. The Balaban J connectivity index is 2.20. The molecule has 0 aromatic carbocycles. The third-order valence-electron chi connectivity index (χ3n) is 1.33. The van der Waals surface area contributed by atoms with Gasteiger partial charge in [-0.15, -0.1) is 10.2 Å². The van der Waals surface area contributed by atoms with E-state index in [1.165, 1.54) is 0 Å². The molecule has 1 saturated heterocycles. The molecule has 0 atom stereocenters. The lowest BCUT2D eigenvalue weighted by atomic mass is 10.6. The lowest BCUT2D eigenvalue weighted by Crippen LogP contribution is -2.27. The van der Waals surface area contributed by atoms with Crippen molar-refractivity contribution < 1.29 is 18.1 Å². The highest BCUT2D eigenvalue weighted by Gasteiger charge is 2.51. The van der Waals surface area contributed by atoms with Gasteiger partial charge in [0.1, 0.15) is 0 Å². The van der Waals surface area contributed by atoms with E-state index in [0.717, 1.165) is 0 Å². The van der Waals surface area contributed by atoms with Crippen LogP contribution >= 0.6 is 7.82 Å². The van der Waals surface area contributed by atoms with Crippen LogP contribution < -0.4 is 4.52 Å².